The molecule has 0 aromatic carbocycles. The molecule has 0 spiro atoms. The maximum atomic E-state index is 15.9. The molecule has 0 fully saturated rings. The lowest BCUT2D eigenvalue weighted by Gasteiger charge is -2.42. The van der Waals surface area contributed by atoms with E-state index in [1.807, 2.05) is 0 Å². The van der Waals surface area contributed by atoms with Crippen molar-refractivity contribution in [3.63, 3.8) is 0 Å². The van der Waals surface area contributed by atoms with E-state index in [-0.39, 0.29) is 35.1 Å². The van der Waals surface area contributed by atoms with Crippen molar-refractivity contribution in [2.24, 2.45) is 35.0 Å². The Balaban J connectivity index is 3.06. The maximum absolute atomic E-state index is 15.9. The maximum Gasteiger partial charge on any atom is 0.249 e. The van der Waals surface area contributed by atoms with Crippen molar-refractivity contribution in [2.75, 3.05) is 26.2 Å². The summed E-state index contributed by atoms with van der Waals surface area (Å²) in [5, 5.41) is 13.3. The third-order valence-corrected chi connectivity index (χ3v) is 14.2. The van der Waals surface area contributed by atoms with Crippen LogP contribution in [-0.2, 0) is 19.2 Å². The summed E-state index contributed by atoms with van der Waals surface area (Å²) >= 11 is 0. The lowest BCUT2D eigenvalue weighted by Crippen LogP contribution is -2.63. The third kappa shape index (κ3) is 16.9. The summed E-state index contributed by atoms with van der Waals surface area (Å²) in [7, 11) is 0. The summed E-state index contributed by atoms with van der Waals surface area (Å²) in [6.07, 6.45) is 27.0. The Labute approximate surface area is 369 Å². The van der Waals surface area contributed by atoms with Crippen LogP contribution in [0, 0.1) is 35.0 Å². The van der Waals surface area contributed by atoms with E-state index >= 15 is 19.2 Å². The monoisotopic (exact) mass is 839 g/mol. The van der Waals surface area contributed by atoms with Crippen LogP contribution in [0.5, 0.6) is 0 Å². The Kier molecular flexibility index (Phi) is 27.9. The number of carbonyl (C=O) groups excluding carboxylic acids is 4. The summed E-state index contributed by atoms with van der Waals surface area (Å²) in [6.45, 7) is 19.2. The van der Waals surface area contributed by atoms with Crippen LogP contribution in [-0.4, -0.2) is 49.8 Å². The Hall–Kier alpha value is -2.64. The zero-order valence-corrected chi connectivity index (χ0v) is 40.3. The van der Waals surface area contributed by atoms with Crippen LogP contribution in [0.25, 0.3) is 0 Å². The van der Waals surface area contributed by atoms with E-state index in [4.69, 9.17) is 0 Å². The minimum Gasteiger partial charge on any atom is -0.356 e. The van der Waals surface area contributed by atoms with Gasteiger partial charge >= 0.3 is 0 Å². The number of allylic oxidation sites excluding steroid dienone is 3. The highest BCUT2D eigenvalue weighted by Crippen LogP contribution is 2.47. The summed E-state index contributed by atoms with van der Waals surface area (Å²) < 4.78 is 0. The van der Waals surface area contributed by atoms with Crippen molar-refractivity contribution in [1.29, 1.82) is 0 Å². The zero-order chi connectivity index (χ0) is 44.2. The number of nitrogens with one attached hydrogen (secondary N) is 4. The van der Waals surface area contributed by atoms with Crippen molar-refractivity contribution in [2.45, 2.75) is 222 Å². The van der Waals surface area contributed by atoms with Crippen molar-refractivity contribution < 1.29 is 19.2 Å². The SMILES string of the molecule is CCCCC(CC)CNC(=O)/C1=C(\C2=CCCCCCC2)CCCCC(C(=O)NCC(CC)CCCC)C1(C(=O)NCC(CC)CCCC)C(=O)NCC(CC)CCCC. The van der Waals surface area contributed by atoms with Crippen LogP contribution in [0.4, 0.5) is 0 Å². The molecule has 8 heteroatoms. The quantitative estimate of drug-likeness (QED) is 0.0561. The molecule has 0 saturated carbocycles. The Morgan fingerprint density at radius 1 is 0.550 bits per heavy atom. The molecule has 0 aromatic heterocycles. The smallest absolute Gasteiger partial charge is 0.249 e. The average molecular weight is 839 g/mol. The predicted octanol–water partition coefficient (Wildman–Crippen LogP) is 12.1. The molecule has 5 unspecified atom stereocenters. The van der Waals surface area contributed by atoms with Crippen LogP contribution >= 0.6 is 0 Å². The molecule has 4 N–H and O–H groups in total. The average Bonchev–Trinajstić information content (AvgIpc) is 3.24. The largest absolute Gasteiger partial charge is 0.356 e. The second-order valence-corrected chi connectivity index (χ2v) is 18.7. The summed E-state index contributed by atoms with van der Waals surface area (Å²) in [5.41, 5.74) is 0.133. The van der Waals surface area contributed by atoms with Crippen molar-refractivity contribution in [3.8, 4) is 0 Å². The predicted molar refractivity (Wildman–Crippen MR) is 252 cm³/mol. The molecule has 60 heavy (non-hydrogen) atoms. The van der Waals surface area contributed by atoms with Crippen LogP contribution in [0.3, 0.4) is 0 Å². The van der Waals surface area contributed by atoms with Crippen molar-refractivity contribution in [1.82, 2.24) is 21.3 Å². The highest BCUT2D eigenvalue weighted by molar-refractivity contribution is 6.19. The van der Waals surface area contributed by atoms with Crippen molar-refractivity contribution in [3.05, 3.63) is 22.8 Å². The van der Waals surface area contributed by atoms with Crippen LogP contribution in [0.1, 0.15) is 222 Å². The van der Waals surface area contributed by atoms with E-state index in [1.165, 1.54) is 6.42 Å². The molecule has 0 aromatic rings. The minimum absolute atomic E-state index is 0.232. The molecule has 4 amide bonds. The first kappa shape index (κ1) is 53.5. The Morgan fingerprint density at radius 3 is 1.45 bits per heavy atom. The molecular formula is C52H94N4O4. The first-order valence-corrected chi connectivity index (χ1v) is 25.7. The molecular weight excluding hydrogens is 745 g/mol. The van der Waals surface area contributed by atoms with Gasteiger partial charge in [0.15, 0.2) is 5.41 Å². The second-order valence-electron chi connectivity index (χ2n) is 18.7. The molecule has 0 saturated heterocycles. The fourth-order valence-electron chi connectivity index (χ4n) is 9.70. The van der Waals surface area contributed by atoms with E-state index in [0.717, 1.165) is 152 Å². The van der Waals surface area contributed by atoms with E-state index in [2.05, 4.69) is 82.7 Å². The van der Waals surface area contributed by atoms with Crippen LogP contribution < -0.4 is 21.3 Å². The lowest BCUT2D eigenvalue weighted by molar-refractivity contribution is -0.152. The van der Waals surface area contributed by atoms with E-state index < -0.39 is 23.1 Å². The van der Waals surface area contributed by atoms with E-state index in [0.29, 0.717) is 51.4 Å². The van der Waals surface area contributed by atoms with Gasteiger partial charge in [-0.1, -0.05) is 158 Å². The van der Waals surface area contributed by atoms with Gasteiger partial charge in [-0.3, -0.25) is 19.2 Å². The number of hydrogen-bond donors (Lipinski definition) is 4. The fraction of sp³-hybridized carbons (Fsp3) is 0.846. The number of unbranched alkanes of at least 4 members (excludes halogenated alkanes) is 4. The molecule has 0 bridgehead atoms. The van der Waals surface area contributed by atoms with E-state index in [1.54, 1.807) is 0 Å². The number of hydrogen-bond acceptors (Lipinski definition) is 4. The highest BCUT2D eigenvalue weighted by atomic mass is 16.2. The molecule has 2 aliphatic rings. The minimum atomic E-state index is -2.05. The summed E-state index contributed by atoms with van der Waals surface area (Å²) in [5.74, 6) is -1.59. The molecule has 2 rings (SSSR count). The van der Waals surface area contributed by atoms with Gasteiger partial charge < -0.3 is 21.3 Å². The normalized spacial score (nSPS) is 22.1. The zero-order valence-electron chi connectivity index (χ0n) is 40.3. The second kappa shape index (κ2) is 31.2. The standard InChI is InChI=1S/C52H94N4O4/c1-9-17-28-40(13-5)36-53-48(57)46-35-27-26-34-45(44-32-24-22-21-23-25-33-44)47(49(58)54-37-41(14-6)29-18-10-2)52(46,50(59)55-38-42(15-7)30-19-11-3)51(60)56-39-43(16-8)31-20-12-4/h32,40-43,46H,9-31,33-39H2,1-8H3,(H,53,57)(H,54,58)(H,55,59)(H,56,60)/b44-32?,47-45+. The number of rotatable bonds is 29. The summed E-state index contributed by atoms with van der Waals surface area (Å²) in [6, 6.07) is 0. The van der Waals surface area contributed by atoms with Gasteiger partial charge in [-0.15, -0.1) is 0 Å². The Morgan fingerprint density at radius 2 is 0.983 bits per heavy atom. The molecule has 0 radical (unpaired) electrons. The van der Waals surface area contributed by atoms with Crippen LogP contribution in [0.15, 0.2) is 22.8 Å². The van der Waals surface area contributed by atoms with Gasteiger partial charge in [0, 0.05) is 31.8 Å². The molecule has 8 nitrogen and oxygen atoms in total. The molecule has 346 valence electrons. The summed E-state index contributed by atoms with van der Waals surface area (Å²) in [4.78, 5) is 62.5. The van der Waals surface area contributed by atoms with Crippen LogP contribution in [0.2, 0.25) is 0 Å². The van der Waals surface area contributed by atoms with Gasteiger partial charge in [-0.2, -0.15) is 0 Å². The van der Waals surface area contributed by atoms with Gasteiger partial charge in [0.05, 0.1) is 5.92 Å². The molecule has 0 aliphatic heterocycles. The van der Waals surface area contributed by atoms with Gasteiger partial charge in [0.1, 0.15) is 0 Å². The highest BCUT2D eigenvalue weighted by Gasteiger charge is 2.60. The van der Waals surface area contributed by atoms with Gasteiger partial charge in [-0.25, -0.2) is 0 Å². The van der Waals surface area contributed by atoms with Gasteiger partial charge in [-0.05, 0) is 105 Å². The molecule has 5 atom stereocenters. The lowest BCUT2D eigenvalue weighted by atomic mass is 9.61. The molecule has 0 heterocycles. The first-order valence-electron chi connectivity index (χ1n) is 25.7. The molecule has 2 aliphatic carbocycles. The topological polar surface area (TPSA) is 116 Å². The number of amides is 4. The van der Waals surface area contributed by atoms with Crippen molar-refractivity contribution >= 4 is 23.6 Å². The Bertz CT molecular complexity index is 1270. The van der Waals surface area contributed by atoms with Gasteiger partial charge in [0.25, 0.3) is 0 Å². The third-order valence-electron chi connectivity index (χ3n) is 14.2. The van der Waals surface area contributed by atoms with E-state index in [9.17, 15) is 0 Å². The first-order chi connectivity index (χ1) is 29.1. The number of carbonyl (C=O) groups is 4. The van der Waals surface area contributed by atoms with Gasteiger partial charge in [0.2, 0.25) is 23.6 Å². The fourth-order valence-corrected chi connectivity index (χ4v) is 9.70.